The molecule has 0 fully saturated rings. The molecule has 0 bridgehead atoms. The average Bonchev–Trinajstić information content (AvgIpc) is 2.09. The predicted molar refractivity (Wildman–Crippen MR) is 72.6 cm³/mol. The lowest BCUT2D eigenvalue weighted by Crippen LogP contribution is -2.13. The van der Waals surface area contributed by atoms with Crippen LogP contribution in [0, 0.1) is 0 Å². The summed E-state index contributed by atoms with van der Waals surface area (Å²) in [6.07, 6.45) is 0.743. The van der Waals surface area contributed by atoms with Crippen molar-refractivity contribution in [2.24, 2.45) is 5.73 Å². The first-order chi connectivity index (χ1) is 6.91. The molecule has 0 aliphatic carbocycles. The maximum Gasteiger partial charge on any atom is 0.0507 e. The quantitative estimate of drug-likeness (QED) is 0.653. The molecule has 0 amide bonds. The van der Waals surface area contributed by atoms with E-state index in [0.29, 0.717) is 5.69 Å². The van der Waals surface area contributed by atoms with Crippen molar-refractivity contribution in [3.63, 3.8) is 0 Å². The molecule has 2 nitrogen and oxygen atoms in total. The number of benzene rings is 1. The van der Waals surface area contributed by atoms with Crippen molar-refractivity contribution in [1.29, 1.82) is 0 Å². The second-order valence-electron chi connectivity index (χ2n) is 3.66. The van der Waals surface area contributed by atoms with E-state index in [-0.39, 0.29) is 6.04 Å². The Balaban J connectivity index is 3.07. The monoisotopic (exact) mass is 332 g/mol. The summed E-state index contributed by atoms with van der Waals surface area (Å²) in [4.78, 5) is 0. The molecule has 0 saturated heterocycles. The number of nitrogen functional groups attached to an aromatic ring is 1. The van der Waals surface area contributed by atoms with Gasteiger partial charge in [0, 0.05) is 15.0 Å². The largest absolute Gasteiger partial charge is 0.398 e. The third kappa shape index (κ3) is 3.33. The van der Waals surface area contributed by atoms with Crippen LogP contribution in [0.1, 0.15) is 24.9 Å². The highest BCUT2D eigenvalue weighted by atomic mass is 79.9. The summed E-state index contributed by atoms with van der Waals surface area (Å²) in [6, 6.07) is 3.76. The first-order valence-electron chi connectivity index (χ1n) is 4.56. The van der Waals surface area contributed by atoms with E-state index in [1.165, 1.54) is 0 Å². The minimum atomic E-state index is -0.101. The van der Waals surface area contributed by atoms with E-state index in [1.54, 1.807) is 0 Å². The summed E-state index contributed by atoms with van der Waals surface area (Å²) < 4.78 is 1.83. The van der Waals surface area contributed by atoms with Crippen molar-refractivity contribution in [2.45, 2.75) is 19.4 Å². The summed E-state index contributed by atoms with van der Waals surface area (Å²) in [7, 11) is 0. The zero-order valence-electron chi connectivity index (χ0n) is 8.56. The molecule has 0 aliphatic heterocycles. The van der Waals surface area contributed by atoms with Crippen LogP contribution in [0.4, 0.5) is 5.69 Å². The van der Waals surface area contributed by atoms with E-state index >= 15 is 0 Å². The third-order valence-electron chi connectivity index (χ3n) is 2.09. The highest BCUT2D eigenvalue weighted by Gasteiger charge is 2.12. The van der Waals surface area contributed by atoms with E-state index < -0.39 is 0 Å². The molecule has 1 aromatic carbocycles. The Hall–Kier alpha value is -0.320. The Morgan fingerprint density at radius 3 is 2.60 bits per heavy atom. The minimum absolute atomic E-state index is 0.101. The van der Waals surface area contributed by atoms with Crippen molar-refractivity contribution >= 4 is 37.5 Å². The van der Waals surface area contributed by atoms with Crippen LogP contribution >= 0.6 is 31.9 Å². The normalized spacial score (nSPS) is 12.5. The Labute approximate surface area is 107 Å². The maximum absolute atomic E-state index is 6.05. The van der Waals surface area contributed by atoms with Gasteiger partial charge in [0.25, 0.3) is 0 Å². The smallest absolute Gasteiger partial charge is 0.0507 e. The van der Waals surface area contributed by atoms with Crippen LogP contribution in [0.2, 0.25) is 0 Å². The van der Waals surface area contributed by atoms with E-state index in [0.717, 1.165) is 26.5 Å². The number of hydrogen-bond donors (Lipinski definition) is 2. The first-order valence-corrected chi connectivity index (χ1v) is 6.14. The average molecular weight is 334 g/mol. The lowest BCUT2D eigenvalue weighted by atomic mass is 10.00. The minimum Gasteiger partial charge on any atom is -0.398 e. The second kappa shape index (κ2) is 5.14. The maximum atomic E-state index is 6.05. The number of rotatable bonds is 3. The molecule has 82 valence electrons. The summed E-state index contributed by atoms with van der Waals surface area (Å²) in [5.74, 6) is 0. The molecular weight excluding hydrogens is 320 g/mol. The molecule has 0 aromatic heterocycles. The number of anilines is 1. The Morgan fingerprint density at radius 1 is 1.47 bits per heavy atom. The van der Waals surface area contributed by atoms with Crippen LogP contribution in [0.25, 0.3) is 0 Å². The second-order valence-corrected chi connectivity index (χ2v) is 5.43. The first kappa shape index (κ1) is 12.7. The van der Waals surface area contributed by atoms with Crippen molar-refractivity contribution in [2.75, 3.05) is 5.73 Å². The number of nitrogens with two attached hydrogens (primary N) is 2. The molecule has 4 heteroatoms. The highest BCUT2D eigenvalue weighted by molar-refractivity contribution is 9.11. The molecule has 0 spiro atoms. The van der Waals surface area contributed by atoms with Crippen molar-refractivity contribution in [3.8, 4) is 0 Å². The topological polar surface area (TPSA) is 52.0 Å². The van der Waals surface area contributed by atoms with E-state index in [4.69, 9.17) is 11.5 Å². The lowest BCUT2D eigenvalue weighted by molar-refractivity contribution is 0.718. The van der Waals surface area contributed by atoms with Gasteiger partial charge in [0.05, 0.1) is 5.69 Å². The van der Waals surface area contributed by atoms with E-state index in [2.05, 4.69) is 38.4 Å². The molecule has 1 rings (SSSR count). The number of halogens is 2. The fraction of sp³-hybridized carbons (Fsp3) is 0.273. The molecule has 0 heterocycles. The van der Waals surface area contributed by atoms with Crippen molar-refractivity contribution < 1.29 is 0 Å². The van der Waals surface area contributed by atoms with Gasteiger partial charge < -0.3 is 11.5 Å². The Morgan fingerprint density at radius 2 is 2.07 bits per heavy atom. The number of hydrogen-bond acceptors (Lipinski definition) is 2. The molecule has 0 saturated carbocycles. The van der Waals surface area contributed by atoms with Gasteiger partial charge in [-0.2, -0.15) is 0 Å². The molecule has 1 aromatic rings. The van der Waals surface area contributed by atoms with Gasteiger partial charge in [0.2, 0.25) is 0 Å². The zero-order valence-corrected chi connectivity index (χ0v) is 11.7. The van der Waals surface area contributed by atoms with Gasteiger partial charge in [-0.25, -0.2) is 0 Å². The van der Waals surface area contributed by atoms with E-state index in [9.17, 15) is 0 Å². The van der Waals surface area contributed by atoms with Gasteiger partial charge in [-0.1, -0.05) is 21.5 Å². The van der Waals surface area contributed by atoms with Crippen molar-refractivity contribution in [1.82, 2.24) is 0 Å². The molecule has 0 radical (unpaired) electrons. The summed E-state index contributed by atoms with van der Waals surface area (Å²) in [6.45, 7) is 5.81. The van der Waals surface area contributed by atoms with E-state index in [1.807, 2.05) is 19.1 Å². The Kier molecular flexibility index (Phi) is 4.37. The molecule has 0 unspecified atom stereocenters. The molecule has 15 heavy (non-hydrogen) atoms. The summed E-state index contributed by atoms with van der Waals surface area (Å²) >= 11 is 6.82. The van der Waals surface area contributed by atoms with Crippen molar-refractivity contribution in [3.05, 3.63) is 38.8 Å². The van der Waals surface area contributed by atoms with Crippen LogP contribution in [0.5, 0.6) is 0 Å². The fourth-order valence-electron chi connectivity index (χ4n) is 1.40. The highest BCUT2D eigenvalue weighted by Crippen LogP contribution is 2.32. The van der Waals surface area contributed by atoms with Gasteiger partial charge in [-0.15, -0.1) is 6.58 Å². The summed E-state index contributed by atoms with van der Waals surface area (Å²) in [5, 5.41) is 0. The van der Waals surface area contributed by atoms with Gasteiger partial charge in [0.1, 0.15) is 0 Å². The third-order valence-corrected chi connectivity index (χ3v) is 3.21. The van der Waals surface area contributed by atoms with Crippen LogP contribution in [-0.4, -0.2) is 0 Å². The van der Waals surface area contributed by atoms with Crippen LogP contribution in [0.15, 0.2) is 33.2 Å². The molecule has 0 aliphatic rings. The molecular formula is C11H14Br2N2. The van der Waals surface area contributed by atoms with Crippen LogP contribution in [0.3, 0.4) is 0 Å². The fourth-order valence-corrected chi connectivity index (χ4v) is 2.66. The van der Waals surface area contributed by atoms with Gasteiger partial charge in [0.15, 0.2) is 0 Å². The standard InChI is InChI=1S/C11H14Br2N2/c1-6(2)3-10(14)8-4-7(12)5-9(13)11(8)15/h4-5,10H,1,3,14-15H2,2H3/t10-/m1/s1. The van der Waals surface area contributed by atoms with Gasteiger partial charge in [-0.3, -0.25) is 0 Å². The molecule has 1 atom stereocenters. The van der Waals surface area contributed by atoms with Crippen LogP contribution in [-0.2, 0) is 0 Å². The summed E-state index contributed by atoms with van der Waals surface area (Å²) in [5.41, 5.74) is 14.7. The van der Waals surface area contributed by atoms with Gasteiger partial charge in [-0.05, 0) is 47.0 Å². The SMILES string of the molecule is C=C(C)C[C@@H](N)c1cc(Br)cc(Br)c1N. The Bertz CT molecular complexity index is 388. The predicted octanol–water partition coefficient (Wildman–Crippen LogP) is 3.76. The lowest BCUT2D eigenvalue weighted by Gasteiger charge is -2.16. The molecule has 4 N–H and O–H groups in total. The van der Waals surface area contributed by atoms with Gasteiger partial charge >= 0.3 is 0 Å². The van der Waals surface area contributed by atoms with Crippen LogP contribution < -0.4 is 11.5 Å². The zero-order chi connectivity index (χ0) is 11.6.